The van der Waals surface area contributed by atoms with Crippen molar-refractivity contribution in [2.24, 2.45) is 0 Å². The van der Waals surface area contributed by atoms with Crippen LogP contribution in [0.25, 0.3) is 11.1 Å². The fourth-order valence-electron chi connectivity index (χ4n) is 6.68. The minimum Gasteiger partial charge on any atom is -0.311 e. The molecule has 6 aromatic rings. The zero-order valence-corrected chi connectivity index (χ0v) is 35.3. The number of hydrogen-bond acceptors (Lipinski definition) is 2. The van der Waals surface area contributed by atoms with Gasteiger partial charge in [0.2, 0.25) is 0 Å². The summed E-state index contributed by atoms with van der Waals surface area (Å²) in [5, 5.41) is 0. The zero-order chi connectivity index (χ0) is 36.9. The molecule has 0 fully saturated rings. The van der Waals surface area contributed by atoms with E-state index in [4.69, 9.17) is 66.5 Å². The lowest BCUT2D eigenvalue weighted by atomic mass is 10.0. The topological polar surface area (TPSA) is 6.48 Å². The third-order valence-electron chi connectivity index (χ3n) is 9.33. The van der Waals surface area contributed by atoms with Gasteiger partial charge in [0.1, 0.15) is 0 Å². The molecule has 0 radical (unpaired) electrons. The molecule has 0 heterocycles. The minimum atomic E-state index is -2.91. The Balaban J connectivity index is 1.28. The maximum Gasteiger partial charge on any atom is 0.348 e. The first-order chi connectivity index (χ1) is 25.0. The summed E-state index contributed by atoms with van der Waals surface area (Å²) in [6, 6.07) is 49.0. The summed E-state index contributed by atoms with van der Waals surface area (Å²) in [5.41, 5.74) is 10.5. The van der Waals surface area contributed by atoms with Crippen molar-refractivity contribution < 1.29 is 0 Å². The molecule has 0 amide bonds. The van der Waals surface area contributed by atoms with E-state index in [2.05, 4.69) is 169 Å². The molecule has 0 aliphatic rings. The van der Waals surface area contributed by atoms with Gasteiger partial charge in [0.05, 0.1) is 0 Å². The Bertz CT molecular complexity index is 1870. The predicted molar refractivity (Wildman–Crippen MR) is 234 cm³/mol. The number of rotatable bonds is 13. The average molecular weight is 840 g/mol. The van der Waals surface area contributed by atoms with Crippen LogP contribution in [0, 0.1) is 0 Å². The van der Waals surface area contributed by atoms with Crippen LogP contribution in [0.1, 0.15) is 48.9 Å². The predicted octanol–water partition coefficient (Wildman–Crippen LogP) is 15.7. The summed E-state index contributed by atoms with van der Waals surface area (Å²) in [6.07, 6.45) is 1.56. The van der Waals surface area contributed by atoms with Crippen molar-refractivity contribution in [1.29, 1.82) is 0 Å². The monoisotopic (exact) mass is 836 g/mol. The molecule has 0 spiro atoms. The summed E-state index contributed by atoms with van der Waals surface area (Å²) >= 11 is 38.7. The van der Waals surface area contributed by atoms with Crippen molar-refractivity contribution >= 4 is 113 Å². The molecule has 52 heavy (non-hydrogen) atoms. The molecule has 6 rings (SSSR count). The van der Waals surface area contributed by atoms with Gasteiger partial charge in [-0.3, -0.25) is 0 Å². The van der Waals surface area contributed by atoms with Gasteiger partial charge >= 0.3 is 12.0 Å². The molecule has 266 valence electrons. The molecule has 6 aromatic carbocycles. The Kier molecular flexibility index (Phi) is 12.7. The normalized spacial score (nSPS) is 13.0. The highest BCUT2D eigenvalue weighted by molar-refractivity contribution is 7.65. The second kappa shape index (κ2) is 17.1. The maximum atomic E-state index is 6.45. The highest BCUT2D eigenvalue weighted by atomic mass is 35.8. The largest absolute Gasteiger partial charge is 0.348 e. The van der Waals surface area contributed by atoms with E-state index in [0.717, 1.165) is 69.2 Å². The van der Waals surface area contributed by atoms with Gasteiger partial charge in [0.15, 0.2) is 0 Å². The van der Waals surface area contributed by atoms with Crippen molar-refractivity contribution in [3.05, 3.63) is 169 Å². The van der Waals surface area contributed by atoms with E-state index in [0.29, 0.717) is 0 Å². The van der Waals surface area contributed by atoms with Crippen LogP contribution in [0.2, 0.25) is 0 Å². The van der Waals surface area contributed by atoms with E-state index in [1.807, 2.05) is 12.1 Å². The lowest BCUT2D eigenvalue weighted by Crippen LogP contribution is -2.22. The van der Waals surface area contributed by atoms with Crippen LogP contribution < -0.4 is 9.80 Å². The standard InChI is InChI=1S/C42H38Cl6N2Si2/c1-3-41(51(43,44)45)33-19-27-39(28-20-33)49(35-11-7-5-8-12-35)37-23-15-31(16-24-37)32-17-25-38(26-18-32)50(36-13-9-6-10-14-36)40-29-21-34(22-30-40)42(4-2)52(46,47)48/h5-30,41-42H,3-4H2,1-2H3. The highest BCUT2D eigenvalue weighted by Gasteiger charge is 2.37. The molecule has 0 saturated carbocycles. The quantitative estimate of drug-likeness (QED) is 0.0844. The van der Waals surface area contributed by atoms with E-state index in [1.165, 1.54) is 0 Å². The van der Waals surface area contributed by atoms with Crippen LogP contribution >= 0.6 is 66.5 Å². The summed E-state index contributed by atoms with van der Waals surface area (Å²) < 4.78 is 0. The van der Waals surface area contributed by atoms with Crippen molar-refractivity contribution in [1.82, 2.24) is 0 Å². The van der Waals surface area contributed by atoms with Gasteiger partial charge in [-0.15, -0.1) is 66.5 Å². The van der Waals surface area contributed by atoms with Crippen LogP contribution in [0.5, 0.6) is 0 Å². The molecule has 0 saturated heterocycles. The van der Waals surface area contributed by atoms with Gasteiger partial charge in [0, 0.05) is 45.2 Å². The first-order valence-corrected chi connectivity index (χ1v) is 27.4. The number of hydrogen-bond donors (Lipinski definition) is 0. The molecule has 10 heteroatoms. The van der Waals surface area contributed by atoms with E-state index in [1.54, 1.807) is 0 Å². The van der Waals surface area contributed by atoms with Crippen molar-refractivity contribution in [2.45, 2.75) is 37.8 Å². The summed E-state index contributed by atoms with van der Waals surface area (Å²) in [7, 11) is 0. The van der Waals surface area contributed by atoms with Crippen molar-refractivity contribution in [3.8, 4) is 11.1 Å². The number of halogens is 6. The summed E-state index contributed by atoms with van der Waals surface area (Å²) in [4.78, 5) is 4.48. The molecular weight excluding hydrogens is 801 g/mol. The summed E-state index contributed by atoms with van der Waals surface area (Å²) in [6.45, 7) is 4.13. The van der Waals surface area contributed by atoms with Crippen LogP contribution in [0.3, 0.4) is 0 Å². The van der Waals surface area contributed by atoms with E-state index in [9.17, 15) is 0 Å². The molecule has 0 aliphatic carbocycles. The van der Waals surface area contributed by atoms with Gasteiger partial charge in [-0.25, -0.2) is 0 Å². The maximum absolute atomic E-state index is 6.45. The van der Waals surface area contributed by atoms with Crippen LogP contribution in [0.15, 0.2) is 158 Å². The lowest BCUT2D eigenvalue weighted by molar-refractivity contribution is 0.872. The molecule has 2 nitrogen and oxygen atoms in total. The zero-order valence-electron chi connectivity index (χ0n) is 28.7. The Labute approximate surface area is 337 Å². The van der Waals surface area contributed by atoms with Crippen LogP contribution in [-0.4, -0.2) is 12.0 Å². The van der Waals surface area contributed by atoms with Gasteiger partial charge in [-0.1, -0.05) is 98.8 Å². The molecule has 2 atom stereocenters. The second-order valence-corrected chi connectivity index (χ2v) is 30.4. The molecule has 2 unspecified atom stereocenters. The van der Waals surface area contributed by atoms with Crippen LogP contribution in [0.4, 0.5) is 34.1 Å². The molecule has 0 aromatic heterocycles. The molecule has 0 aliphatic heterocycles. The Hall–Kier alpha value is -2.91. The van der Waals surface area contributed by atoms with E-state index >= 15 is 0 Å². The van der Waals surface area contributed by atoms with Crippen molar-refractivity contribution in [2.75, 3.05) is 9.80 Å². The fraction of sp³-hybridized carbons (Fsp3) is 0.143. The number of anilines is 6. The third-order valence-corrected chi connectivity index (χ3v) is 17.1. The smallest absolute Gasteiger partial charge is 0.311 e. The molecule has 0 N–H and O–H groups in total. The number of para-hydroxylation sites is 2. The minimum absolute atomic E-state index is 0.0584. The number of nitrogens with zero attached hydrogens (tertiary/aromatic N) is 2. The Morgan fingerprint density at radius 2 is 0.615 bits per heavy atom. The average Bonchev–Trinajstić information content (AvgIpc) is 3.14. The van der Waals surface area contributed by atoms with E-state index in [-0.39, 0.29) is 11.1 Å². The first-order valence-electron chi connectivity index (χ1n) is 17.2. The first kappa shape index (κ1) is 38.8. The van der Waals surface area contributed by atoms with Gasteiger partial charge in [0.25, 0.3) is 0 Å². The fourth-order valence-corrected chi connectivity index (χ4v) is 13.8. The van der Waals surface area contributed by atoms with Crippen LogP contribution in [-0.2, 0) is 0 Å². The lowest BCUT2D eigenvalue weighted by Gasteiger charge is -2.27. The SMILES string of the molecule is CCC(c1ccc(N(c2ccccc2)c2ccc(-c3ccc(N(c4ccccc4)c4ccc(C(CC)[Si](Cl)(Cl)Cl)cc4)cc3)cc2)cc1)[Si](Cl)(Cl)Cl. The van der Waals surface area contributed by atoms with Gasteiger partial charge in [-0.2, -0.15) is 0 Å². The third kappa shape index (κ3) is 9.06. The highest BCUT2D eigenvalue weighted by Crippen LogP contribution is 2.43. The van der Waals surface area contributed by atoms with E-state index < -0.39 is 12.0 Å². The molecular formula is C42H38Cl6N2Si2. The van der Waals surface area contributed by atoms with Gasteiger partial charge in [-0.05, 0) is 108 Å². The van der Waals surface area contributed by atoms with Gasteiger partial charge < -0.3 is 9.80 Å². The Morgan fingerprint density at radius 1 is 0.365 bits per heavy atom. The Morgan fingerprint density at radius 3 is 0.865 bits per heavy atom. The number of benzene rings is 6. The summed E-state index contributed by atoms with van der Waals surface area (Å²) in [5.74, 6) is 0. The molecule has 0 bridgehead atoms. The second-order valence-electron chi connectivity index (χ2n) is 12.6. The van der Waals surface area contributed by atoms with Crippen molar-refractivity contribution in [3.63, 3.8) is 0 Å².